The number of allylic oxidation sites excluding steroid dienone is 1. The lowest BCUT2D eigenvalue weighted by molar-refractivity contribution is -0.139. The minimum absolute atomic E-state index is 0.118. The zero-order valence-electron chi connectivity index (χ0n) is 22.0. The van der Waals surface area contributed by atoms with Gasteiger partial charge >= 0.3 is 5.97 Å². The number of rotatable bonds is 7. The highest BCUT2D eigenvalue weighted by molar-refractivity contribution is 7.07. The molecule has 6 rings (SSSR count). The van der Waals surface area contributed by atoms with Crippen LogP contribution in [-0.2, 0) is 16.1 Å². The number of hydrogen-bond acceptors (Lipinski definition) is 8. The molecule has 0 bridgehead atoms. The number of fused-ring (bicyclic) bond motifs is 2. The van der Waals surface area contributed by atoms with Gasteiger partial charge in [0.1, 0.15) is 12.4 Å². The quantitative estimate of drug-likeness (QED) is 0.320. The third-order valence-corrected chi connectivity index (χ3v) is 7.66. The number of hydrogen-bond donors (Lipinski definition) is 0. The number of nitrogens with zero attached hydrogens (tertiary/aromatic N) is 2. The first-order valence-electron chi connectivity index (χ1n) is 12.9. The maximum absolute atomic E-state index is 14.0. The summed E-state index contributed by atoms with van der Waals surface area (Å²) in [6.45, 7) is 4.23. The van der Waals surface area contributed by atoms with Crippen molar-refractivity contribution < 1.29 is 23.7 Å². The molecule has 4 aromatic rings. The van der Waals surface area contributed by atoms with E-state index in [1.165, 1.54) is 11.3 Å². The van der Waals surface area contributed by atoms with E-state index < -0.39 is 12.0 Å². The van der Waals surface area contributed by atoms with E-state index in [0.717, 1.165) is 11.1 Å². The van der Waals surface area contributed by atoms with Gasteiger partial charge in [-0.1, -0.05) is 65.9 Å². The Morgan fingerprint density at radius 2 is 1.85 bits per heavy atom. The molecule has 3 heterocycles. The molecule has 0 aliphatic carbocycles. The van der Waals surface area contributed by atoms with E-state index in [0.29, 0.717) is 50.0 Å². The van der Waals surface area contributed by atoms with Gasteiger partial charge in [-0.15, -0.1) is 0 Å². The molecule has 0 saturated carbocycles. The standard InChI is InChI=1S/C31H26N2O6S/c1-3-36-30(35)27-19(2)32-31-33(28(27)22-13-14-24-25(15-22)39-18-38-24)29(34)26(40-31)16-21-11-7-8-12-23(21)37-17-20-9-5-4-6-10-20/h4-16,28H,3,17-18H2,1-2H3/b26-16-. The highest BCUT2D eigenvalue weighted by Gasteiger charge is 2.34. The van der Waals surface area contributed by atoms with E-state index in [2.05, 4.69) is 4.99 Å². The average molecular weight is 555 g/mol. The van der Waals surface area contributed by atoms with Crippen LogP contribution in [-0.4, -0.2) is 23.9 Å². The van der Waals surface area contributed by atoms with Crippen LogP contribution in [0.5, 0.6) is 17.2 Å². The monoisotopic (exact) mass is 554 g/mol. The lowest BCUT2D eigenvalue weighted by Crippen LogP contribution is -2.39. The van der Waals surface area contributed by atoms with E-state index in [9.17, 15) is 9.59 Å². The van der Waals surface area contributed by atoms with Crippen molar-refractivity contribution in [3.8, 4) is 17.2 Å². The molecule has 0 N–H and O–H groups in total. The second-order valence-electron chi connectivity index (χ2n) is 9.23. The van der Waals surface area contributed by atoms with Crippen LogP contribution in [0.4, 0.5) is 0 Å². The van der Waals surface area contributed by atoms with E-state index in [4.69, 9.17) is 18.9 Å². The van der Waals surface area contributed by atoms with Gasteiger partial charge in [0, 0.05) is 5.56 Å². The summed E-state index contributed by atoms with van der Waals surface area (Å²) in [4.78, 5) is 32.3. The van der Waals surface area contributed by atoms with Crippen LogP contribution in [0.15, 0.2) is 93.9 Å². The Bertz CT molecular complexity index is 1810. The number of ether oxygens (including phenoxy) is 4. The Hall–Kier alpha value is -4.63. The molecule has 0 spiro atoms. The molecule has 1 atom stereocenters. The summed E-state index contributed by atoms with van der Waals surface area (Å²) in [6, 6.07) is 22.2. The number of benzene rings is 3. The number of aromatic nitrogens is 1. The van der Waals surface area contributed by atoms with Crippen molar-refractivity contribution in [3.05, 3.63) is 120 Å². The summed E-state index contributed by atoms with van der Waals surface area (Å²) < 4.78 is 24.6. The fraction of sp³-hybridized carbons (Fsp3) is 0.194. The summed E-state index contributed by atoms with van der Waals surface area (Å²) in [6.07, 6.45) is 1.81. The molecule has 0 amide bonds. The fourth-order valence-corrected chi connectivity index (χ4v) is 5.84. The maximum Gasteiger partial charge on any atom is 0.338 e. The number of thiazole rings is 1. The molecule has 9 heteroatoms. The molecule has 0 radical (unpaired) electrons. The van der Waals surface area contributed by atoms with Gasteiger partial charge in [-0.25, -0.2) is 9.79 Å². The van der Waals surface area contributed by atoms with E-state index in [-0.39, 0.29) is 19.0 Å². The Kier molecular flexibility index (Phi) is 6.96. The second kappa shape index (κ2) is 10.9. The highest BCUT2D eigenvalue weighted by atomic mass is 32.1. The molecule has 1 unspecified atom stereocenters. The van der Waals surface area contributed by atoms with Gasteiger partial charge in [-0.05, 0) is 49.2 Å². The third kappa shape index (κ3) is 4.80. The predicted octanol–water partition coefficient (Wildman–Crippen LogP) is 4.11. The van der Waals surface area contributed by atoms with Crippen LogP contribution >= 0.6 is 11.3 Å². The predicted molar refractivity (Wildman–Crippen MR) is 150 cm³/mol. The second-order valence-corrected chi connectivity index (χ2v) is 10.2. The van der Waals surface area contributed by atoms with Crippen molar-refractivity contribution >= 4 is 23.4 Å². The van der Waals surface area contributed by atoms with Crippen molar-refractivity contribution in [2.24, 2.45) is 4.99 Å². The van der Waals surface area contributed by atoms with Gasteiger partial charge in [-0.2, -0.15) is 0 Å². The number of para-hydroxylation sites is 1. The Labute approximate surface area is 234 Å². The number of carbonyl (C=O) groups excluding carboxylic acids is 1. The van der Waals surface area contributed by atoms with Crippen LogP contribution in [0.1, 0.15) is 36.6 Å². The molecule has 8 nitrogen and oxygen atoms in total. The van der Waals surface area contributed by atoms with Gasteiger partial charge in [-0.3, -0.25) is 9.36 Å². The summed E-state index contributed by atoms with van der Waals surface area (Å²) in [5, 5.41) is 0. The molecule has 40 heavy (non-hydrogen) atoms. The summed E-state index contributed by atoms with van der Waals surface area (Å²) >= 11 is 1.27. The Balaban J connectivity index is 1.45. The van der Waals surface area contributed by atoms with Crippen LogP contribution in [0.2, 0.25) is 0 Å². The van der Waals surface area contributed by atoms with Crippen LogP contribution in [0.3, 0.4) is 0 Å². The van der Waals surface area contributed by atoms with Gasteiger partial charge < -0.3 is 18.9 Å². The van der Waals surface area contributed by atoms with Crippen LogP contribution in [0.25, 0.3) is 6.08 Å². The van der Waals surface area contributed by atoms with Crippen molar-refractivity contribution in [2.75, 3.05) is 13.4 Å². The topological polar surface area (TPSA) is 88.4 Å². The maximum atomic E-state index is 14.0. The van der Waals surface area contributed by atoms with Crippen LogP contribution < -0.4 is 29.1 Å². The molecule has 0 saturated heterocycles. The van der Waals surface area contributed by atoms with E-state index >= 15 is 0 Å². The first-order valence-corrected chi connectivity index (χ1v) is 13.7. The van der Waals surface area contributed by atoms with Crippen molar-refractivity contribution in [2.45, 2.75) is 26.5 Å². The van der Waals surface area contributed by atoms with Gasteiger partial charge in [0.15, 0.2) is 16.3 Å². The number of carbonyl (C=O) groups is 1. The molecule has 0 fully saturated rings. The normalized spacial score (nSPS) is 15.9. The fourth-order valence-electron chi connectivity index (χ4n) is 4.80. The summed E-state index contributed by atoms with van der Waals surface area (Å²) in [7, 11) is 0. The van der Waals surface area contributed by atoms with E-state index in [1.54, 1.807) is 30.5 Å². The molecule has 202 valence electrons. The highest BCUT2D eigenvalue weighted by Crippen LogP contribution is 2.38. The lowest BCUT2D eigenvalue weighted by atomic mass is 9.95. The zero-order valence-corrected chi connectivity index (χ0v) is 22.8. The lowest BCUT2D eigenvalue weighted by Gasteiger charge is -2.24. The van der Waals surface area contributed by atoms with Gasteiger partial charge in [0.05, 0.1) is 28.5 Å². The molecule has 3 aromatic carbocycles. The molecule has 1 aromatic heterocycles. The van der Waals surface area contributed by atoms with Crippen molar-refractivity contribution in [1.29, 1.82) is 0 Å². The van der Waals surface area contributed by atoms with Gasteiger partial charge in [0.2, 0.25) is 6.79 Å². The van der Waals surface area contributed by atoms with Crippen molar-refractivity contribution in [3.63, 3.8) is 0 Å². The number of esters is 1. The van der Waals surface area contributed by atoms with Crippen molar-refractivity contribution in [1.82, 2.24) is 4.57 Å². The molecule has 2 aliphatic rings. The molecular weight excluding hydrogens is 528 g/mol. The first-order chi connectivity index (χ1) is 19.5. The Morgan fingerprint density at radius 3 is 2.67 bits per heavy atom. The summed E-state index contributed by atoms with van der Waals surface area (Å²) in [5.41, 5.74) is 3.05. The first kappa shape index (κ1) is 25.6. The zero-order chi connectivity index (χ0) is 27.6. The average Bonchev–Trinajstić information content (AvgIpc) is 3.56. The van der Waals surface area contributed by atoms with Crippen LogP contribution in [0, 0.1) is 0 Å². The summed E-state index contributed by atoms with van der Waals surface area (Å²) in [5.74, 6) is 1.32. The van der Waals surface area contributed by atoms with Gasteiger partial charge in [0.25, 0.3) is 5.56 Å². The minimum Gasteiger partial charge on any atom is -0.488 e. The SMILES string of the molecule is CCOC(=O)C1=C(C)N=c2s/c(=C\c3ccccc3OCc3ccccc3)c(=O)n2C1c1ccc2c(c1)OCO2. The molecule has 2 aliphatic heterocycles. The Morgan fingerprint density at radius 1 is 1.07 bits per heavy atom. The largest absolute Gasteiger partial charge is 0.488 e. The minimum atomic E-state index is -0.739. The van der Waals surface area contributed by atoms with E-state index in [1.807, 2.05) is 66.7 Å². The third-order valence-electron chi connectivity index (χ3n) is 6.67. The smallest absolute Gasteiger partial charge is 0.338 e. The molecular formula is C31H26N2O6S.